The first kappa shape index (κ1) is 21.8. The van der Waals surface area contributed by atoms with Gasteiger partial charge in [0.05, 0.1) is 43.8 Å². The summed E-state index contributed by atoms with van der Waals surface area (Å²) in [5, 5.41) is 4.45. The van der Waals surface area contributed by atoms with Crippen molar-refractivity contribution in [1.82, 2.24) is 14.7 Å². The average Bonchev–Trinajstić information content (AvgIpc) is 3.18. The lowest BCUT2D eigenvalue weighted by molar-refractivity contribution is -0.149. The molecule has 0 bridgehead atoms. The number of likely N-dealkylation sites (tertiary alicyclic amines) is 1. The molecule has 0 unspecified atom stereocenters. The van der Waals surface area contributed by atoms with E-state index in [2.05, 4.69) is 10.00 Å². The molecule has 1 aromatic carbocycles. The molecule has 3 rings (SSSR count). The molecule has 0 saturated carbocycles. The van der Waals surface area contributed by atoms with E-state index in [1.807, 2.05) is 31.2 Å². The van der Waals surface area contributed by atoms with Crippen LogP contribution >= 0.6 is 0 Å². The van der Waals surface area contributed by atoms with E-state index < -0.39 is 0 Å². The number of benzene rings is 1. The quantitative estimate of drug-likeness (QED) is 0.613. The number of carbonyl (C=O) groups is 2. The second-order valence-corrected chi connectivity index (χ2v) is 7.14. The summed E-state index contributed by atoms with van der Waals surface area (Å²) >= 11 is 0. The van der Waals surface area contributed by atoms with Crippen molar-refractivity contribution in [3.05, 3.63) is 41.7 Å². The van der Waals surface area contributed by atoms with Gasteiger partial charge in [0.2, 0.25) is 0 Å². The third-order valence-electron chi connectivity index (χ3n) is 5.26. The Hall–Kier alpha value is -2.87. The number of piperidine rings is 1. The second-order valence-electron chi connectivity index (χ2n) is 7.14. The zero-order valence-corrected chi connectivity index (χ0v) is 17.8. The zero-order chi connectivity index (χ0) is 21.5. The van der Waals surface area contributed by atoms with E-state index in [0.29, 0.717) is 25.3 Å². The molecule has 0 atom stereocenters. The van der Waals surface area contributed by atoms with Crippen LogP contribution < -0.4 is 4.74 Å². The van der Waals surface area contributed by atoms with Crippen LogP contribution in [0.25, 0.3) is 5.69 Å². The average molecular weight is 415 g/mol. The summed E-state index contributed by atoms with van der Waals surface area (Å²) in [6.07, 6.45) is 3.04. The SMILES string of the molecule is CCOC(=O)c1cnn(-c2ccc(OC)cc2)c1CN1CCC(C(=O)OCC)CC1. The summed E-state index contributed by atoms with van der Waals surface area (Å²) < 4.78 is 17.4. The van der Waals surface area contributed by atoms with Gasteiger partial charge in [-0.3, -0.25) is 9.69 Å². The largest absolute Gasteiger partial charge is 0.497 e. The fraction of sp³-hybridized carbons (Fsp3) is 0.500. The van der Waals surface area contributed by atoms with Crippen molar-refractivity contribution < 1.29 is 23.8 Å². The van der Waals surface area contributed by atoms with Gasteiger partial charge < -0.3 is 14.2 Å². The fourth-order valence-corrected chi connectivity index (χ4v) is 3.65. The van der Waals surface area contributed by atoms with Crippen molar-refractivity contribution in [2.45, 2.75) is 33.2 Å². The molecule has 1 saturated heterocycles. The second kappa shape index (κ2) is 10.2. The molecule has 1 fully saturated rings. The standard InChI is InChI=1S/C22H29N3O5/c1-4-29-21(26)16-10-12-24(13-11-16)15-20-19(22(27)30-5-2)14-23-25(20)17-6-8-18(28-3)9-7-17/h6-9,14,16H,4-5,10-13,15H2,1-3H3. The lowest BCUT2D eigenvalue weighted by atomic mass is 9.97. The molecule has 0 amide bonds. The first-order valence-corrected chi connectivity index (χ1v) is 10.3. The Morgan fingerprint density at radius 1 is 1.07 bits per heavy atom. The molecule has 8 heteroatoms. The fourth-order valence-electron chi connectivity index (χ4n) is 3.65. The maximum atomic E-state index is 12.5. The molecule has 1 aliphatic heterocycles. The molecular formula is C22H29N3O5. The summed E-state index contributed by atoms with van der Waals surface area (Å²) in [5.41, 5.74) is 2.07. The number of carbonyl (C=O) groups excluding carboxylic acids is 2. The van der Waals surface area contributed by atoms with Gasteiger partial charge in [0.1, 0.15) is 11.3 Å². The monoisotopic (exact) mass is 415 g/mol. The lowest BCUT2D eigenvalue weighted by Crippen LogP contribution is -2.37. The van der Waals surface area contributed by atoms with E-state index in [-0.39, 0.29) is 17.9 Å². The summed E-state index contributed by atoms with van der Waals surface area (Å²) in [7, 11) is 1.62. The van der Waals surface area contributed by atoms with Crippen LogP contribution in [-0.4, -0.2) is 60.0 Å². The van der Waals surface area contributed by atoms with Gasteiger partial charge >= 0.3 is 11.9 Å². The number of hydrogen-bond donors (Lipinski definition) is 0. The van der Waals surface area contributed by atoms with Gasteiger partial charge in [-0.25, -0.2) is 9.48 Å². The van der Waals surface area contributed by atoms with Crippen LogP contribution in [0.1, 0.15) is 42.7 Å². The Bertz CT molecular complexity index is 854. The first-order valence-electron chi connectivity index (χ1n) is 10.3. The van der Waals surface area contributed by atoms with Gasteiger partial charge in [0.25, 0.3) is 0 Å². The Morgan fingerprint density at radius 2 is 1.73 bits per heavy atom. The van der Waals surface area contributed by atoms with Crippen LogP contribution in [0.5, 0.6) is 5.75 Å². The highest BCUT2D eigenvalue weighted by molar-refractivity contribution is 5.90. The minimum absolute atomic E-state index is 0.0581. The number of hydrogen-bond acceptors (Lipinski definition) is 7. The van der Waals surface area contributed by atoms with Gasteiger partial charge in [-0.05, 0) is 64.0 Å². The molecule has 0 spiro atoms. The molecule has 0 radical (unpaired) electrons. The summed E-state index contributed by atoms with van der Waals surface area (Å²) in [6, 6.07) is 7.51. The first-order chi connectivity index (χ1) is 14.6. The van der Waals surface area contributed by atoms with Crippen molar-refractivity contribution in [3.8, 4) is 11.4 Å². The van der Waals surface area contributed by atoms with Gasteiger partial charge in [-0.2, -0.15) is 5.10 Å². The van der Waals surface area contributed by atoms with Crippen molar-refractivity contribution >= 4 is 11.9 Å². The Labute approximate surface area is 176 Å². The predicted octanol–water partition coefficient (Wildman–Crippen LogP) is 2.83. The van der Waals surface area contributed by atoms with Gasteiger partial charge in [0, 0.05) is 6.54 Å². The van der Waals surface area contributed by atoms with Gasteiger partial charge in [-0.1, -0.05) is 0 Å². The summed E-state index contributed by atoms with van der Waals surface area (Å²) in [5.74, 6) is 0.192. The number of esters is 2. The summed E-state index contributed by atoms with van der Waals surface area (Å²) in [6.45, 7) is 6.35. The van der Waals surface area contributed by atoms with Gasteiger partial charge in [-0.15, -0.1) is 0 Å². The molecular weight excluding hydrogens is 386 g/mol. The van der Waals surface area contributed by atoms with Crippen molar-refractivity contribution in [1.29, 1.82) is 0 Å². The molecule has 2 heterocycles. The number of nitrogens with zero attached hydrogens (tertiary/aromatic N) is 3. The third-order valence-corrected chi connectivity index (χ3v) is 5.26. The maximum Gasteiger partial charge on any atom is 0.341 e. The van der Waals surface area contributed by atoms with E-state index in [4.69, 9.17) is 14.2 Å². The highest BCUT2D eigenvalue weighted by atomic mass is 16.5. The Balaban J connectivity index is 1.80. The predicted molar refractivity (Wildman–Crippen MR) is 111 cm³/mol. The van der Waals surface area contributed by atoms with E-state index in [9.17, 15) is 9.59 Å². The number of rotatable bonds is 8. The summed E-state index contributed by atoms with van der Waals surface area (Å²) in [4.78, 5) is 26.7. The van der Waals surface area contributed by atoms with Gasteiger partial charge in [0.15, 0.2) is 0 Å². The molecule has 0 N–H and O–H groups in total. The van der Waals surface area contributed by atoms with Crippen molar-refractivity contribution in [2.75, 3.05) is 33.4 Å². The maximum absolute atomic E-state index is 12.5. The Kier molecular flexibility index (Phi) is 7.46. The van der Waals surface area contributed by atoms with Crippen LogP contribution in [0, 0.1) is 5.92 Å². The smallest absolute Gasteiger partial charge is 0.341 e. The van der Waals surface area contributed by atoms with Crippen molar-refractivity contribution in [3.63, 3.8) is 0 Å². The lowest BCUT2D eigenvalue weighted by Gasteiger charge is -2.31. The Morgan fingerprint density at radius 3 is 2.33 bits per heavy atom. The van der Waals surface area contributed by atoms with Crippen LogP contribution in [-0.2, 0) is 20.8 Å². The highest BCUT2D eigenvalue weighted by Gasteiger charge is 2.28. The van der Waals surface area contributed by atoms with E-state index >= 15 is 0 Å². The van der Waals surface area contributed by atoms with Crippen molar-refractivity contribution in [2.24, 2.45) is 5.92 Å². The van der Waals surface area contributed by atoms with E-state index in [1.54, 1.807) is 24.9 Å². The minimum Gasteiger partial charge on any atom is -0.497 e. The molecule has 30 heavy (non-hydrogen) atoms. The minimum atomic E-state index is -0.381. The third kappa shape index (κ3) is 4.99. The van der Waals surface area contributed by atoms with E-state index in [0.717, 1.165) is 43.1 Å². The molecule has 1 aliphatic rings. The molecule has 162 valence electrons. The van der Waals surface area contributed by atoms with Crippen LogP contribution in [0.4, 0.5) is 0 Å². The number of ether oxygens (including phenoxy) is 3. The number of methoxy groups -OCH3 is 1. The molecule has 0 aliphatic carbocycles. The van der Waals surface area contributed by atoms with Crippen LogP contribution in [0.15, 0.2) is 30.5 Å². The van der Waals surface area contributed by atoms with E-state index in [1.165, 1.54) is 0 Å². The number of aromatic nitrogens is 2. The molecule has 1 aromatic heterocycles. The normalized spacial score (nSPS) is 15.0. The molecule has 8 nitrogen and oxygen atoms in total. The van der Waals surface area contributed by atoms with Crippen LogP contribution in [0.2, 0.25) is 0 Å². The molecule has 2 aromatic rings. The topological polar surface area (TPSA) is 82.9 Å². The highest BCUT2D eigenvalue weighted by Crippen LogP contribution is 2.24. The zero-order valence-electron chi connectivity index (χ0n) is 17.8. The van der Waals surface area contributed by atoms with Crippen LogP contribution in [0.3, 0.4) is 0 Å².